The SMILES string of the molecule is Cc1nc(I)cc(Br)c1O. The average molecular weight is 314 g/mol. The second-order valence-corrected chi connectivity index (χ2v) is 3.82. The minimum absolute atomic E-state index is 0.223. The molecule has 0 aliphatic heterocycles. The van der Waals surface area contributed by atoms with Crippen LogP contribution in [0.25, 0.3) is 0 Å². The summed E-state index contributed by atoms with van der Waals surface area (Å²) in [5, 5.41) is 9.22. The molecular formula is C6H5BrINO. The summed E-state index contributed by atoms with van der Waals surface area (Å²) in [6.07, 6.45) is 0. The Labute approximate surface area is 80.9 Å². The Kier molecular flexibility index (Phi) is 2.51. The van der Waals surface area contributed by atoms with E-state index in [4.69, 9.17) is 0 Å². The Morgan fingerprint density at radius 1 is 1.70 bits per heavy atom. The molecule has 0 atom stereocenters. The van der Waals surface area contributed by atoms with Crippen molar-refractivity contribution in [2.24, 2.45) is 0 Å². The van der Waals surface area contributed by atoms with Crippen LogP contribution in [0.3, 0.4) is 0 Å². The highest BCUT2D eigenvalue weighted by Gasteiger charge is 2.02. The van der Waals surface area contributed by atoms with Crippen LogP contribution >= 0.6 is 38.5 Å². The van der Waals surface area contributed by atoms with Gasteiger partial charge in [0.05, 0.1) is 10.2 Å². The Hall–Kier alpha value is 0.160. The first-order chi connectivity index (χ1) is 4.61. The molecule has 0 fully saturated rings. The molecule has 0 radical (unpaired) electrons. The number of hydrogen-bond donors (Lipinski definition) is 1. The van der Waals surface area contributed by atoms with Gasteiger partial charge < -0.3 is 5.11 Å². The molecule has 0 amide bonds. The number of halogens is 2. The molecule has 4 heteroatoms. The fourth-order valence-electron chi connectivity index (χ4n) is 0.591. The first-order valence-corrected chi connectivity index (χ1v) is 4.50. The maximum Gasteiger partial charge on any atom is 0.151 e. The number of aromatic hydroxyl groups is 1. The Morgan fingerprint density at radius 2 is 2.30 bits per heavy atom. The summed E-state index contributed by atoms with van der Waals surface area (Å²) in [6.45, 7) is 1.77. The van der Waals surface area contributed by atoms with Crippen molar-refractivity contribution in [3.63, 3.8) is 0 Å². The molecule has 54 valence electrons. The second kappa shape index (κ2) is 3.04. The van der Waals surface area contributed by atoms with Gasteiger partial charge in [0.25, 0.3) is 0 Å². The topological polar surface area (TPSA) is 33.1 Å². The third-order valence-corrected chi connectivity index (χ3v) is 2.25. The highest BCUT2D eigenvalue weighted by Crippen LogP contribution is 2.26. The summed E-state index contributed by atoms with van der Waals surface area (Å²) in [5.74, 6) is 0.223. The van der Waals surface area contributed by atoms with Gasteiger partial charge in [0, 0.05) is 0 Å². The van der Waals surface area contributed by atoms with Gasteiger partial charge in [0.1, 0.15) is 3.70 Å². The fraction of sp³-hybridized carbons (Fsp3) is 0.167. The van der Waals surface area contributed by atoms with Gasteiger partial charge in [-0.25, -0.2) is 4.98 Å². The predicted molar refractivity (Wildman–Crippen MR) is 51.1 cm³/mol. The Morgan fingerprint density at radius 3 is 2.80 bits per heavy atom. The molecule has 0 unspecified atom stereocenters. The van der Waals surface area contributed by atoms with Gasteiger partial charge in [0.15, 0.2) is 5.75 Å². The van der Waals surface area contributed by atoms with Crippen molar-refractivity contribution in [3.8, 4) is 5.75 Å². The molecule has 1 aromatic rings. The lowest BCUT2D eigenvalue weighted by Gasteiger charge is -1.99. The van der Waals surface area contributed by atoms with E-state index in [1.807, 2.05) is 0 Å². The van der Waals surface area contributed by atoms with Gasteiger partial charge in [-0.15, -0.1) is 0 Å². The monoisotopic (exact) mass is 313 g/mol. The molecule has 0 saturated heterocycles. The summed E-state index contributed by atoms with van der Waals surface area (Å²) in [7, 11) is 0. The third-order valence-electron chi connectivity index (χ3n) is 1.09. The summed E-state index contributed by atoms with van der Waals surface area (Å²) < 4.78 is 1.57. The number of aromatic nitrogens is 1. The van der Waals surface area contributed by atoms with Crippen LogP contribution in [0, 0.1) is 10.6 Å². The maximum atomic E-state index is 9.22. The molecule has 0 aromatic carbocycles. The largest absolute Gasteiger partial charge is 0.505 e. The number of hydrogen-bond acceptors (Lipinski definition) is 2. The minimum atomic E-state index is 0.223. The van der Waals surface area contributed by atoms with E-state index in [1.54, 1.807) is 13.0 Å². The molecule has 0 saturated carbocycles. The van der Waals surface area contributed by atoms with Crippen LogP contribution in [0.15, 0.2) is 10.5 Å². The molecule has 0 aliphatic carbocycles. The first kappa shape index (κ1) is 8.26. The van der Waals surface area contributed by atoms with E-state index in [9.17, 15) is 5.11 Å². The van der Waals surface area contributed by atoms with E-state index in [-0.39, 0.29) is 5.75 Å². The maximum absolute atomic E-state index is 9.22. The fourth-order valence-corrected chi connectivity index (χ4v) is 2.20. The van der Waals surface area contributed by atoms with Crippen LogP contribution < -0.4 is 0 Å². The molecule has 0 bridgehead atoms. The molecule has 0 aliphatic rings. The van der Waals surface area contributed by atoms with Crippen molar-refractivity contribution in [2.75, 3.05) is 0 Å². The van der Waals surface area contributed by atoms with Crippen molar-refractivity contribution >= 4 is 38.5 Å². The molecule has 1 rings (SSSR count). The van der Waals surface area contributed by atoms with E-state index >= 15 is 0 Å². The van der Waals surface area contributed by atoms with Crippen LogP contribution in [0.5, 0.6) is 5.75 Å². The van der Waals surface area contributed by atoms with Crippen molar-refractivity contribution in [1.82, 2.24) is 4.98 Å². The third kappa shape index (κ3) is 1.60. The Balaban J connectivity index is 3.31. The number of pyridine rings is 1. The van der Waals surface area contributed by atoms with E-state index in [0.717, 1.165) is 3.70 Å². The van der Waals surface area contributed by atoms with Gasteiger partial charge in [0.2, 0.25) is 0 Å². The minimum Gasteiger partial charge on any atom is -0.505 e. The van der Waals surface area contributed by atoms with E-state index < -0.39 is 0 Å². The Bertz CT molecular complexity index is 241. The van der Waals surface area contributed by atoms with E-state index in [2.05, 4.69) is 43.5 Å². The summed E-state index contributed by atoms with van der Waals surface area (Å²) in [6, 6.07) is 1.77. The summed E-state index contributed by atoms with van der Waals surface area (Å²) in [4.78, 5) is 4.04. The van der Waals surface area contributed by atoms with E-state index in [0.29, 0.717) is 10.2 Å². The lowest BCUT2D eigenvalue weighted by molar-refractivity contribution is 0.463. The summed E-state index contributed by atoms with van der Waals surface area (Å²) in [5.41, 5.74) is 0.652. The van der Waals surface area contributed by atoms with Crippen LogP contribution in [0.1, 0.15) is 5.69 Å². The number of aryl methyl sites for hydroxylation is 1. The van der Waals surface area contributed by atoms with Crippen molar-refractivity contribution < 1.29 is 5.11 Å². The van der Waals surface area contributed by atoms with Crippen molar-refractivity contribution in [3.05, 3.63) is 19.9 Å². The zero-order chi connectivity index (χ0) is 7.72. The van der Waals surface area contributed by atoms with Crippen LogP contribution in [-0.4, -0.2) is 10.1 Å². The standard InChI is InChI=1S/C6H5BrINO/c1-3-6(10)4(7)2-5(8)9-3/h2,10H,1H3. The quantitative estimate of drug-likeness (QED) is 0.589. The lowest BCUT2D eigenvalue weighted by atomic mass is 10.3. The van der Waals surface area contributed by atoms with Crippen molar-refractivity contribution in [2.45, 2.75) is 6.92 Å². The first-order valence-electron chi connectivity index (χ1n) is 2.63. The lowest BCUT2D eigenvalue weighted by Crippen LogP contribution is -1.86. The molecule has 10 heavy (non-hydrogen) atoms. The van der Waals surface area contributed by atoms with E-state index in [1.165, 1.54) is 0 Å². The van der Waals surface area contributed by atoms with Gasteiger partial charge in [-0.3, -0.25) is 0 Å². The smallest absolute Gasteiger partial charge is 0.151 e. The predicted octanol–water partition coefficient (Wildman–Crippen LogP) is 2.46. The molecule has 0 spiro atoms. The van der Waals surface area contributed by atoms with Gasteiger partial charge >= 0.3 is 0 Å². The normalized spacial score (nSPS) is 9.90. The highest BCUT2D eigenvalue weighted by atomic mass is 127. The molecule has 1 N–H and O–H groups in total. The second-order valence-electron chi connectivity index (χ2n) is 1.86. The average Bonchev–Trinajstić information content (AvgIpc) is 1.82. The van der Waals surface area contributed by atoms with Gasteiger partial charge in [-0.2, -0.15) is 0 Å². The molecule has 1 heterocycles. The zero-order valence-corrected chi connectivity index (χ0v) is 8.97. The zero-order valence-electron chi connectivity index (χ0n) is 5.23. The van der Waals surface area contributed by atoms with Gasteiger partial charge in [-0.05, 0) is 51.5 Å². The number of rotatable bonds is 0. The van der Waals surface area contributed by atoms with Crippen LogP contribution in [0.4, 0.5) is 0 Å². The summed E-state index contributed by atoms with van der Waals surface area (Å²) >= 11 is 5.30. The number of nitrogens with zero attached hydrogens (tertiary/aromatic N) is 1. The molecular weight excluding hydrogens is 309 g/mol. The van der Waals surface area contributed by atoms with Crippen LogP contribution in [-0.2, 0) is 0 Å². The molecule has 1 aromatic heterocycles. The van der Waals surface area contributed by atoms with Crippen molar-refractivity contribution in [1.29, 1.82) is 0 Å². The molecule has 2 nitrogen and oxygen atoms in total. The highest BCUT2D eigenvalue weighted by molar-refractivity contribution is 14.1. The van der Waals surface area contributed by atoms with Crippen LogP contribution in [0.2, 0.25) is 0 Å². The van der Waals surface area contributed by atoms with Gasteiger partial charge in [-0.1, -0.05) is 0 Å².